The van der Waals surface area contributed by atoms with Crippen molar-refractivity contribution in [2.24, 2.45) is 5.92 Å². The lowest BCUT2D eigenvalue weighted by molar-refractivity contribution is -0.125. The van der Waals surface area contributed by atoms with Crippen LogP contribution in [-0.4, -0.2) is 44.0 Å². The third kappa shape index (κ3) is 7.01. The second-order valence-electron chi connectivity index (χ2n) is 7.39. The molecule has 1 aliphatic rings. The number of carbonyl (C=O) groups excluding carboxylic acids is 1. The Balaban J connectivity index is 1.37. The quantitative estimate of drug-likeness (QED) is 0.568. The Morgan fingerprint density at radius 2 is 1.77 bits per heavy atom. The van der Waals surface area contributed by atoms with Gasteiger partial charge in [-0.1, -0.05) is 54.1 Å². The average Bonchev–Trinajstić information content (AvgIpc) is 2.74. The molecule has 0 radical (unpaired) electrons. The van der Waals surface area contributed by atoms with E-state index >= 15 is 0 Å². The molecule has 162 valence electrons. The Labute approximate surface area is 188 Å². The van der Waals surface area contributed by atoms with Gasteiger partial charge in [-0.3, -0.25) is 4.79 Å². The topological polar surface area (TPSA) is 66.5 Å². The summed E-state index contributed by atoms with van der Waals surface area (Å²) in [6, 6.07) is 17.2. The van der Waals surface area contributed by atoms with Crippen LogP contribution in [0.3, 0.4) is 0 Å². The van der Waals surface area contributed by atoms with Gasteiger partial charge >= 0.3 is 0 Å². The highest BCUT2D eigenvalue weighted by molar-refractivity contribution is 7.98. The zero-order chi connectivity index (χ0) is 21.4. The second kappa shape index (κ2) is 11.2. The van der Waals surface area contributed by atoms with Crippen LogP contribution >= 0.6 is 23.4 Å². The van der Waals surface area contributed by atoms with Crippen molar-refractivity contribution in [2.45, 2.75) is 24.3 Å². The number of hydrogen-bond donors (Lipinski definition) is 1. The van der Waals surface area contributed by atoms with Gasteiger partial charge in [0, 0.05) is 42.1 Å². The van der Waals surface area contributed by atoms with E-state index in [0.717, 1.165) is 11.5 Å². The fraction of sp³-hybridized carbons (Fsp3) is 0.409. The first-order chi connectivity index (χ1) is 14.4. The highest BCUT2D eigenvalue weighted by atomic mass is 35.5. The zero-order valence-electron chi connectivity index (χ0n) is 16.8. The molecule has 0 aliphatic carbocycles. The molecule has 1 saturated heterocycles. The van der Waals surface area contributed by atoms with Crippen LogP contribution in [0.4, 0.5) is 0 Å². The summed E-state index contributed by atoms with van der Waals surface area (Å²) in [6.07, 6.45) is 1.11. The van der Waals surface area contributed by atoms with E-state index in [0.29, 0.717) is 43.1 Å². The molecular weight excluding hydrogens is 440 g/mol. The molecule has 0 unspecified atom stereocenters. The molecule has 0 aromatic heterocycles. The highest BCUT2D eigenvalue weighted by Gasteiger charge is 2.31. The molecule has 8 heteroatoms. The van der Waals surface area contributed by atoms with Crippen molar-refractivity contribution in [3.8, 4) is 0 Å². The van der Waals surface area contributed by atoms with Crippen LogP contribution in [0.15, 0.2) is 54.6 Å². The zero-order valence-corrected chi connectivity index (χ0v) is 19.2. The molecule has 2 aromatic rings. The molecule has 0 bridgehead atoms. The summed E-state index contributed by atoms with van der Waals surface area (Å²) in [7, 11) is -3.41. The van der Waals surface area contributed by atoms with Crippen molar-refractivity contribution in [3.63, 3.8) is 0 Å². The van der Waals surface area contributed by atoms with E-state index in [1.165, 1.54) is 9.87 Å². The Morgan fingerprint density at radius 3 is 2.47 bits per heavy atom. The van der Waals surface area contributed by atoms with E-state index in [2.05, 4.69) is 17.4 Å². The lowest BCUT2D eigenvalue weighted by Gasteiger charge is -2.30. The van der Waals surface area contributed by atoms with Crippen LogP contribution in [0.2, 0.25) is 5.02 Å². The third-order valence-electron chi connectivity index (χ3n) is 5.11. The van der Waals surface area contributed by atoms with E-state index in [9.17, 15) is 13.2 Å². The number of carbonyl (C=O) groups is 1. The van der Waals surface area contributed by atoms with E-state index in [4.69, 9.17) is 11.6 Å². The molecule has 0 saturated carbocycles. The first-order valence-electron chi connectivity index (χ1n) is 10.1. The average molecular weight is 467 g/mol. The maximum atomic E-state index is 12.7. The summed E-state index contributed by atoms with van der Waals surface area (Å²) >= 11 is 7.74. The number of halogens is 1. The molecule has 1 amide bonds. The summed E-state index contributed by atoms with van der Waals surface area (Å²) in [5, 5.41) is 3.52. The lowest BCUT2D eigenvalue weighted by atomic mass is 9.97. The number of nitrogens with zero attached hydrogens (tertiary/aromatic N) is 1. The number of rotatable bonds is 9. The first-order valence-corrected chi connectivity index (χ1v) is 13.2. The minimum atomic E-state index is -3.41. The predicted molar refractivity (Wildman–Crippen MR) is 124 cm³/mol. The van der Waals surface area contributed by atoms with Crippen LogP contribution in [0.25, 0.3) is 0 Å². The standard InChI is InChI=1S/C22H27ClN2O3S2/c23-21-8-4-7-19(15-21)17-30(27,28)25-12-9-20(10-13-25)22(26)24-11-14-29-16-18-5-2-1-3-6-18/h1-8,15,20H,9-14,16-17H2,(H,24,26). The number of thioether (sulfide) groups is 1. The molecule has 1 N–H and O–H groups in total. The minimum absolute atomic E-state index is 0.0298. The number of amides is 1. The van der Waals surface area contributed by atoms with Gasteiger partial charge in [-0.2, -0.15) is 11.8 Å². The smallest absolute Gasteiger partial charge is 0.223 e. The number of nitrogens with one attached hydrogen (secondary N) is 1. The van der Waals surface area contributed by atoms with Gasteiger partial charge in [0.05, 0.1) is 5.75 Å². The predicted octanol–water partition coefficient (Wildman–Crippen LogP) is 3.93. The van der Waals surface area contributed by atoms with Gasteiger partial charge in [0.15, 0.2) is 0 Å². The Hall–Kier alpha value is -1.54. The summed E-state index contributed by atoms with van der Waals surface area (Å²) in [5.41, 5.74) is 1.95. The molecule has 0 atom stereocenters. The van der Waals surface area contributed by atoms with E-state index in [1.54, 1.807) is 36.0 Å². The monoisotopic (exact) mass is 466 g/mol. The maximum Gasteiger partial charge on any atom is 0.223 e. The number of sulfonamides is 1. The van der Waals surface area contributed by atoms with Gasteiger partial charge in [-0.05, 0) is 36.1 Å². The van der Waals surface area contributed by atoms with Crippen molar-refractivity contribution < 1.29 is 13.2 Å². The van der Waals surface area contributed by atoms with Gasteiger partial charge < -0.3 is 5.32 Å². The largest absolute Gasteiger partial charge is 0.355 e. The van der Waals surface area contributed by atoms with Crippen molar-refractivity contribution in [1.29, 1.82) is 0 Å². The van der Waals surface area contributed by atoms with Gasteiger partial charge in [0.2, 0.25) is 15.9 Å². The summed E-state index contributed by atoms with van der Waals surface area (Å²) in [5.74, 6) is 1.62. The number of benzene rings is 2. The fourth-order valence-electron chi connectivity index (χ4n) is 3.48. The van der Waals surface area contributed by atoms with Crippen LogP contribution < -0.4 is 5.32 Å². The minimum Gasteiger partial charge on any atom is -0.355 e. The molecule has 5 nitrogen and oxygen atoms in total. The lowest BCUT2D eigenvalue weighted by Crippen LogP contribution is -2.43. The van der Waals surface area contributed by atoms with Crippen LogP contribution in [0.1, 0.15) is 24.0 Å². The summed E-state index contributed by atoms with van der Waals surface area (Å²) in [4.78, 5) is 12.4. The van der Waals surface area contributed by atoms with Crippen LogP contribution in [0.5, 0.6) is 0 Å². The molecule has 30 heavy (non-hydrogen) atoms. The summed E-state index contributed by atoms with van der Waals surface area (Å²) in [6.45, 7) is 1.39. The van der Waals surface area contributed by atoms with Gasteiger partial charge in [0.1, 0.15) is 0 Å². The molecule has 3 rings (SSSR count). The summed E-state index contributed by atoms with van der Waals surface area (Å²) < 4.78 is 26.9. The molecule has 0 spiro atoms. The van der Waals surface area contributed by atoms with Gasteiger partial charge in [-0.25, -0.2) is 12.7 Å². The first kappa shape index (κ1) is 23.1. The van der Waals surface area contributed by atoms with Crippen molar-refractivity contribution in [2.75, 3.05) is 25.4 Å². The normalized spacial score (nSPS) is 15.8. The Bertz CT molecular complexity index is 930. The van der Waals surface area contributed by atoms with Crippen molar-refractivity contribution >= 4 is 39.3 Å². The fourth-order valence-corrected chi connectivity index (χ4v) is 6.06. The number of piperidine rings is 1. The van der Waals surface area contributed by atoms with Crippen LogP contribution in [0, 0.1) is 5.92 Å². The van der Waals surface area contributed by atoms with E-state index in [1.807, 2.05) is 18.2 Å². The Kier molecular flexibility index (Phi) is 8.62. The maximum absolute atomic E-state index is 12.7. The molecule has 2 aromatic carbocycles. The second-order valence-corrected chi connectivity index (χ2v) is 10.9. The van der Waals surface area contributed by atoms with E-state index in [-0.39, 0.29) is 17.6 Å². The SMILES string of the molecule is O=C(NCCSCc1ccccc1)C1CCN(S(=O)(=O)Cc2cccc(Cl)c2)CC1. The van der Waals surface area contributed by atoms with Gasteiger partial charge in [0.25, 0.3) is 0 Å². The highest BCUT2D eigenvalue weighted by Crippen LogP contribution is 2.23. The number of hydrogen-bond acceptors (Lipinski definition) is 4. The van der Waals surface area contributed by atoms with Crippen LogP contribution in [-0.2, 0) is 26.3 Å². The van der Waals surface area contributed by atoms with Gasteiger partial charge in [-0.15, -0.1) is 0 Å². The third-order valence-corrected chi connectivity index (χ3v) is 8.23. The van der Waals surface area contributed by atoms with Crippen molar-refractivity contribution in [3.05, 3.63) is 70.7 Å². The van der Waals surface area contributed by atoms with Crippen molar-refractivity contribution in [1.82, 2.24) is 9.62 Å². The molecule has 1 heterocycles. The molecule has 1 aliphatic heterocycles. The Morgan fingerprint density at radius 1 is 1.07 bits per heavy atom. The molecular formula is C22H27ClN2O3S2. The van der Waals surface area contributed by atoms with E-state index < -0.39 is 10.0 Å². The molecule has 1 fully saturated rings.